The molecule has 0 saturated carbocycles. The maximum absolute atomic E-state index is 11.4. The van der Waals surface area contributed by atoms with E-state index in [1.807, 2.05) is 0 Å². The first-order valence-electron chi connectivity index (χ1n) is 4.56. The third-order valence-corrected chi connectivity index (χ3v) is 1.86. The Hall–Kier alpha value is -1.85. The average Bonchev–Trinajstić information content (AvgIpc) is 2.66. The Balaban J connectivity index is 2.36. The summed E-state index contributed by atoms with van der Waals surface area (Å²) in [5, 5.41) is 2.45. The fourth-order valence-corrected chi connectivity index (χ4v) is 1.03. The summed E-state index contributed by atoms with van der Waals surface area (Å²) in [4.78, 5) is 30.4. The second kappa shape index (κ2) is 5.14. The number of hydrogen-bond acceptors (Lipinski definition) is 3. The number of amides is 2. The van der Waals surface area contributed by atoms with Gasteiger partial charge in [-0.3, -0.25) is 9.59 Å². The predicted octanol–water partition coefficient (Wildman–Crippen LogP) is -0.496. The summed E-state index contributed by atoms with van der Waals surface area (Å²) in [5.74, 6) is 0.352. The molecule has 0 aliphatic carbocycles. The molecule has 0 radical (unpaired) electrons. The van der Waals surface area contributed by atoms with Crippen molar-refractivity contribution in [3.8, 4) is 0 Å². The molecule has 6 heteroatoms. The van der Waals surface area contributed by atoms with Crippen LogP contribution in [-0.4, -0.2) is 40.3 Å². The van der Waals surface area contributed by atoms with Crippen molar-refractivity contribution in [1.82, 2.24) is 20.2 Å². The van der Waals surface area contributed by atoms with E-state index in [0.29, 0.717) is 12.4 Å². The zero-order valence-electron chi connectivity index (χ0n) is 8.78. The van der Waals surface area contributed by atoms with Crippen molar-refractivity contribution in [2.24, 2.45) is 0 Å². The van der Waals surface area contributed by atoms with Crippen molar-refractivity contribution in [2.45, 2.75) is 13.5 Å². The van der Waals surface area contributed by atoms with Gasteiger partial charge in [0.1, 0.15) is 5.82 Å². The molecule has 0 atom stereocenters. The Bertz CT molecular complexity index is 334. The molecule has 6 nitrogen and oxygen atoms in total. The smallest absolute Gasteiger partial charge is 0.242 e. The molecule has 0 fully saturated rings. The number of aromatic nitrogens is 2. The Morgan fingerprint density at radius 1 is 1.60 bits per heavy atom. The number of H-pyrrole nitrogens is 1. The summed E-state index contributed by atoms with van der Waals surface area (Å²) in [7, 11) is 1.66. The molecule has 1 aromatic rings. The summed E-state index contributed by atoms with van der Waals surface area (Å²) in [6.07, 6.45) is 3.32. The van der Waals surface area contributed by atoms with Crippen molar-refractivity contribution in [3.63, 3.8) is 0 Å². The number of imidazole rings is 1. The first-order valence-corrected chi connectivity index (χ1v) is 4.56. The third kappa shape index (κ3) is 3.80. The van der Waals surface area contributed by atoms with Gasteiger partial charge < -0.3 is 15.2 Å². The fourth-order valence-electron chi connectivity index (χ4n) is 1.03. The van der Waals surface area contributed by atoms with Gasteiger partial charge in [0.25, 0.3) is 0 Å². The average molecular weight is 210 g/mol. The van der Waals surface area contributed by atoms with Crippen LogP contribution in [0.3, 0.4) is 0 Å². The molecular formula is C9H14N4O2. The van der Waals surface area contributed by atoms with Gasteiger partial charge in [0.15, 0.2) is 0 Å². The van der Waals surface area contributed by atoms with E-state index < -0.39 is 0 Å². The van der Waals surface area contributed by atoms with Crippen molar-refractivity contribution < 1.29 is 9.59 Å². The highest BCUT2D eigenvalue weighted by Gasteiger charge is 2.10. The molecule has 2 amide bonds. The lowest BCUT2D eigenvalue weighted by molar-refractivity contribution is -0.131. The minimum Gasteiger partial charge on any atom is -0.347 e. The Labute approximate surface area is 87.7 Å². The molecule has 1 rings (SSSR count). The van der Waals surface area contributed by atoms with Crippen LogP contribution in [0.5, 0.6) is 0 Å². The normalized spacial score (nSPS) is 9.73. The number of nitrogens with zero attached hydrogens (tertiary/aromatic N) is 2. The minimum absolute atomic E-state index is 0.0204. The van der Waals surface area contributed by atoms with Gasteiger partial charge in [-0.1, -0.05) is 0 Å². The van der Waals surface area contributed by atoms with Gasteiger partial charge >= 0.3 is 0 Å². The largest absolute Gasteiger partial charge is 0.347 e. The summed E-state index contributed by atoms with van der Waals surface area (Å²) >= 11 is 0. The lowest BCUT2D eigenvalue weighted by atomic mass is 10.4. The SMILES string of the molecule is CC(=O)NCC(=O)N(C)Cc1ncc[nH]1. The van der Waals surface area contributed by atoms with Crippen LogP contribution in [0.15, 0.2) is 12.4 Å². The van der Waals surface area contributed by atoms with Crippen molar-refractivity contribution >= 4 is 11.8 Å². The topological polar surface area (TPSA) is 78.1 Å². The van der Waals surface area contributed by atoms with Gasteiger partial charge in [-0.2, -0.15) is 0 Å². The van der Waals surface area contributed by atoms with E-state index in [9.17, 15) is 9.59 Å². The lowest BCUT2D eigenvalue weighted by Gasteiger charge is -2.15. The summed E-state index contributed by atoms with van der Waals surface area (Å²) < 4.78 is 0. The summed E-state index contributed by atoms with van der Waals surface area (Å²) in [5.41, 5.74) is 0. The number of likely N-dealkylation sites (N-methyl/N-ethyl adjacent to an activating group) is 1. The summed E-state index contributed by atoms with van der Waals surface area (Å²) in [6, 6.07) is 0. The van der Waals surface area contributed by atoms with Crippen molar-refractivity contribution in [1.29, 1.82) is 0 Å². The highest BCUT2D eigenvalue weighted by Crippen LogP contribution is 1.95. The van der Waals surface area contributed by atoms with Crippen LogP contribution in [0.1, 0.15) is 12.7 Å². The highest BCUT2D eigenvalue weighted by molar-refractivity contribution is 5.83. The number of aromatic amines is 1. The molecular weight excluding hydrogens is 196 g/mol. The standard InChI is InChI=1S/C9H14N4O2/c1-7(14)12-5-9(15)13(2)6-8-10-3-4-11-8/h3-4H,5-6H2,1-2H3,(H,10,11)(H,12,14). The predicted molar refractivity (Wildman–Crippen MR) is 53.7 cm³/mol. The molecule has 15 heavy (non-hydrogen) atoms. The van der Waals surface area contributed by atoms with E-state index in [4.69, 9.17) is 0 Å². The number of rotatable bonds is 4. The number of hydrogen-bond donors (Lipinski definition) is 2. The van der Waals surface area contributed by atoms with E-state index >= 15 is 0 Å². The molecule has 0 saturated heterocycles. The molecule has 0 aliphatic heterocycles. The first kappa shape index (κ1) is 11.2. The maximum atomic E-state index is 11.4. The minimum atomic E-state index is -0.213. The Morgan fingerprint density at radius 3 is 2.87 bits per heavy atom. The van der Waals surface area contributed by atoms with Crippen LogP contribution >= 0.6 is 0 Å². The molecule has 1 aromatic heterocycles. The monoisotopic (exact) mass is 210 g/mol. The van der Waals surface area contributed by atoms with E-state index in [-0.39, 0.29) is 18.4 Å². The van der Waals surface area contributed by atoms with Gasteiger partial charge in [-0.15, -0.1) is 0 Å². The molecule has 0 aromatic carbocycles. The quantitative estimate of drug-likeness (QED) is 0.703. The van der Waals surface area contributed by atoms with Gasteiger partial charge in [-0.05, 0) is 0 Å². The second-order valence-corrected chi connectivity index (χ2v) is 3.20. The van der Waals surface area contributed by atoms with Crippen molar-refractivity contribution in [2.75, 3.05) is 13.6 Å². The van der Waals surface area contributed by atoms with E-state index in [2.05, 4.69) is 15.3 Å². The van der Waals surface area contributed by atoms with Gasteiger partial charge in [0.05, 0.1) is 13.1 Å². The third-order valence-electron chi connectivity index (χ3n) is 1.86. The second-order valence-electron chi connectivity index (χ2n) is 3.20. The number of carbonyl (C=O) groups excluding carboxylic acids is 2. The van der Waals surface area contributed by atoms with Crippen molar-refractivity contribution in [3.05, 3.63) is 18.2 Å². The van der Waals surface area contributed by atoms with Crippen LogP contribution in [-0.2, 0) is 16.1 Å². The number of carbonyl (C=O) groups is 2. The van der Waals surface area contributed by atoms with Crippen LogP contribution in [0.4, 0.5) is 0 Å². The van der Waals surface area contributed by atoms with Crippen LogP contribution in [0, 0.1) is 0 Å². The zero-order valence-corrected chi connectivity index (χ0v) is 8.78. The van der Waals surface area contributed by atoms with Gasteiger partial charge in [0.2, 0.25) is 11.8 Å². The van der Waals surface area contributed by atoms with E-state index in [1.165, 1.54) is 11.8 Å². The zero-order chi connectivity index (χ0) is 11.3. The van der Waals surface area contributed by atoms with E-state index in [0.717, 1.165) is 0 Å². The lowest BCUT2D eigenvalue weighted by Crippen LogP contribution is -2.37. The number of nitrogens with one attached hydrogen (secondary N) is 2. The molecule has 0 spiro atoms. The fraction of sp³-hybridized carbons (Fsp3) is 0.444. The molecule has 82 valence electrons. The Morgan fingerprint density at radius 2 is 2.33 bits per heavy atom. The van der Waals surface area contributed by atoms with E-state index in [1.54, 1.807) is 19.4 Å². The first-order chi connectivity index (χ1) is 7.09. The molecule has 1 heterocycles. The van der Waals surface area contributed by atoms with Crippen LogP contribution in [0.25, 0.3) is 0 Å². The Kier molecular flexibility index (Phi) is 3.84. The summed E-state index contributed by atoms with van der Waals surface area (Å²) in [6.45, 7) is 1.80. The molecule has 0 aliphatic rings. The molecule has 2 N–H and O–H groups in total. The van der Waals surface area contributed by atoms with Crippen LogP contribution < -0.4 is 5.32 Å². The molecule has 0 unspecified atom stereocenters. The van der Waals surface area contributed by atoms with Gasteiger partial charge in [-0.25, -0.2) is 4.98 Å². The van der Waals surface area contributed by atoms with Crippen LogP contribution in [0.2, 0.25) is 0 Å². The maximum Gasteiger partial charge on any atom is 0.242 e. The van der Waals surface area contributed by atoms with Gasteiger partial charge in [0, 0.05) is 26.4 Å². The molecule has 0 bridgehead atoms. The highest BCUT2D eigenvalue weighted by atomic mass is 16.2.